The zero-order chi connectivity index (χ0) is 35.3. The van der Waals surface area contributed by atoms with E-state index >= 15 is 0 Å². The van der Waals surface area contributed by atoms with E-state index in [2.05, 4.69) is 26.0 Å². The second-order valence-corrected chi connectivity index (χ2v) is 14.9. The largest absolute Gasteiger partial charge is 0.460 e. The molecular weight excluding hydrogens is 675 g/mol. The average Bonchev–Trinajstić information content (AvgIpc) is 3.00. The van der Waals surface area contributed by atoms with E-state index < -0.39 is 63.7 Å². The average molecular weight is 716 g/mol. The second kappa shape index (κ2) is 15.8. The fourth-order valence-corrected chi connectivity index (χ4v) is 4.85. The van der Waals surface area contributed by atoms with Crippen LogP contribution < -0.4 is 21.6 Å². The van der Waals surface area contributed by atoms with Crippen LogP contribution in [0.25, 0.3) is 17.0 Å². The van der Waals surface area contributed by atoms with Crippen molar-refractivity contribution in [3.05, 3.63) is 46.0 Å². The van der Waals surface area contributed by atoms with Crippen molar-refractivity contribution in [2.24, 2.45) is 11.3 Å². The Labute approximate surface area is 287 Å². The molecule has 13 nitrogen and oxygen atoms in total. The van der Waals surface area contributed by atoms with Gasteiger partial charge in [0.05, 0.1) is 16.3 Å². The highest BCUT2D eigenvalue weighted by atomic mass is 35.6. The molecule has 47 heavy (non-hydrogen) atoms. The number of H-pyrrole nitrogens is 1. The van der Waals surface area contributed by atoms with Gasteiger partial charge in [-0.2, -0.15) is 0 Å². The number of carbonyl (C=O) groups excluding carboxylic acids is 4. The van der Waals surface area contributed by atoms with Gasteiger partial charge in [-0.3, -0.25) is 29.0 Å². The Hall–Kier alpha value is -3.23. The summed E-state index contributed by atoms with van der Waals surface area (Å²) >= 11 is 16.9. The maximum atomic E-state index is 13.4. The smallest absolute Gasteiger partial charge is 0.325 e. The van der Waals surface area contributed by atoms with Crippen molar-refractivity contribution in [1.82, 2.24) is 31.0 Å². The summed E-state index contributed by atoms with van der Waals surface area (Å²) in [6.07, 6.45) is 3.33. The van der Waals surface area contributed by atoms with Crippen LogP contribution >= 0.6 is 34.8 Å². The second-order valence-electron chi connectivity index (χ2n) is 12.4. The SMILES string of the molecule is CC(NC(=O)C(NC(=O)C(C)(C)C=Cc1ccc2c(=O)[nH]c(C(C)O)nc2c1)C(C)C)C(=O)N1CCCC(C(=O)OCC(Cl)(Cl)Cl)N1. The molecule has 2 aromatic rings. The fourth-order valence-electron chi connectivity index (χ4n) is 4.69. The number of fused-ring (bicyclic) bond motifs is 1. The number of aromatic amines is 1. The zero-order valence-electron chi connectivity index (χ0n) is 27.0. The summed E-state index contributed by atoms with van der Waals surface area (Å²) in [6.45, 7) is 9.77. The molecule has 5 N–H and O–H groups in total. The maximum Gasteiger partial charge on any atom is 0.325 e. The van der Waals surface area contributed by atoms with Gasteiger partial charge < -0.3 is 25.5 Å². The predicted molar refractivity (Wildman–Crippen MR) is 179 cm³/mol. The van der Waals surface area contributed by atoms with Gasteiger partial charge in [-0.1, -0.05) is 66.9 Å². The van der Waals surface area contributed by atoms with Crippen LogP contribution in [-0.2, 0) is 23.9 Å². The first-order valence-electron chi connectivity index (χ1n) is 15.1. The highest BCUT2D eigenvalue weighted by Gasteiger charge is 2.35. The molecule has 3 rings (SSSR count). The summed E-state index contributed by atoms with van der Waals surface area (Å²) in [7, 11) is 0. The summed E-state index contributed by atoms with van der Waals surface area (Å²) in [5, 5.41) is 16.9. The quantitative estimate of drug-likeness (QED) is 0.173. The molecule has 4 unspecified atom stereocenters. The van der Waals surface area contributed by atoms with Gasteiger partial charge in [0.15, 0.2) is 0 Å². The third kappa shape index (κ3) is 10.6. The van der Waals surface area contributed by atoms with Crippen LogP contribution in [0.5, 0.6) is 0 Å². The number of nitrogens with zero attached hydrogens (tertiary/aromatic N) is 2. The molecule has 0 bridgehead atoms. The number of amides is 3. The molecule has 0 radical (unpaired) electrons. The Morgan fingerprint density at radius 1 is 1.15 bits per heavy atom. The van der Waals surface area contributed by atoms with Crippen molar-refractivity contribution < 1.29 is 29.0 Å². The number of hydrogen-bond donors (Lipinski definition) is 5. The molecular formula is C31H41Cl3N6O7. The van der Waals surface area contributed by atoms with E-state index in [0.717, 1.165) is 0 Å². The molecule has 0 saturated carbocycles. The molecule has 2 heterocycles. The molecule has 0 aliphatic carbocycles. The Balaban J connectivity index is 1.64. The highest BCUT2D eigenvalue weighted by Crippen LogP contribution is 2.26. The normalized spacial score (nSPS) is 17.8. The van der Waals surface area contributed by atoms with E-state index in [1.807, 2.05) is 0 Å². The van der Waals surface area contributed by atoms with Gasteiger partial charge in [0.1, 0.15) is 36.7 Å². The van der Waals surface area contributed by atoms with E-state index in [4.69, 9.17) is 39.5 Å². The van der Waals surface area contributed by atoms with Crippen LogP contribution in [-0.4, -0.2) is 78.8 Å². The lowest BCUT2D eigenvalue weighted by atomic mass is 9.89. The Morgan fingerprint density at radius 3 is 2.45 bits per heavy atom. The number of rotatable bonds is 11. The number of hydrogen-bond acceptors (Lipinski definition) is 9. The van der Waals surface area contributed by atoms with Gasteiger partial charge in [0.2, 0.25) is 15.6 Å². The monoisotopic (exact) mass is 714 g/mol. The number of carbonyl (C=O) groups is 4. The van der Waals surface area contributed by atoms with Crippen molar-refractivity contribution in [3.63, 3.8) is 0 Å². The van der Waals surface area contributed by atoms with Gasteiger partial charge in [0, 0.05) is 6.54 Å². The number of aliphatic hydroxyl groups is 1. The maximum absolute atomic E-state index is 13.4. The first-order chi connectivity index (χ1) is 21.8. The molecule has 1 aliphatic rings. The Morgan fingerprint density at radius 2 is 1.83 bits per heavy atom. The molecule has 3 amide bonds. The number of aromatic nitrogens is 2. The van der Waals surface area contributed by atoms with Gasteiger partial charge in [0.25, 0.3) is 11.5 Å². The number of aliphatic hydroxyl groups excluding tert-OH is 1. The van der Waals surface area contributed by atoms with E-state index in [9.17, 15) is 29.1 Å². The minimum absolute atomic E-state index is 0.145. The van der Waals surface area contributed by atoms with Crippen LogP contribution in [0.15, 0.2) is 29.1 Å². The minimum atomic E-state index is -1.77. The summed E-state index contributed by atoms with van der Waals surface area (Å²) in [5.41, 5.74) is 2.45. The first-order valence-corrected chi connectivity index (χ1v) is 16.3. The Bertz CT molecular complexity index is 1570. The van der Waals surface area contributed by atoms with Gasteiger partial charge in [-0.25, -0.2) is 10.4 Å². The number of halogens is 3. The lowest BCUT2D eigenvalue weighted by Crippen LogP contribution is -2.61. The molecule has 4 atom stereocenters. The number of alkyl halides is 3. The molecule has 0 spiro atoms. The highest BCUT2D eigenvalue weighted by molar-refractivity contribution is 6.67. The standard InChI is InChI=1S/C31H41Cl3N6O7/c1-16(2)23(26(43)35-17(3)27(44)40-13-7-8-21(39-40)28(45)47-15-31(32,33)34)37-29(46)30(5,6)12-11-19-9-10-20-22(14-19)36-24(18(4)41)38-25(20)42/h9-12,14,16-18,21,23,39,41H,7-8,13,15H2,1-6H3,(H,35,43)(H,37,46)(H,36,38,42). The van der Waals surface area contributed by atoms with E-state index in [1.165, 1.54) is 18.9 Å². The van der Waals surface area contributed by atoms with Crippen molar-refractivity contribution >= 4 is 75.5 Å². The minimum Gasteiger partial charge on any atom is -0.460 e. The van der Waals surface area contributed by atoms with Crippen LogP contribution in [0.1, 0.15) is 71.9 Å². The molecule has 1 aromatic carbocycles. The van der Waals surface area contributed by atoms with Crippen molar-refractivity contribution in [1.29, 1.82) is 0 Å². The topological polar surface area (TPSA) is 183 Å². The summed E-state index contributed by atoms with van der Waals surface area (Å²) in [4.78, 5) is 71.5. The van der Waals surface area contributed by atoms with Crippen LogP contribution in [0.2, 0.25) is 0 Å². The first kappa shape index (κ1) is 38.2. The van der Waals surface area contributed by atoms with Crippen molar-refractivity contribution in [2.75, 3.05) is 13.2 Å². The number of hydrazine groups is 1. The van der Waals surface area contributed by atoms with Gasteiger partial charge in [-0.15, -0.1) is 0 Å². The lowest BCUT2D eigenvalue weighted by molar-refractivity contribution is -0.152. The summed E-state index contributed by atoms with van der Waals surface area (Å²) < 4.78 is 3.25. The predicted octanol–water partition coefficient (Wildman–Crippen LogP) is 3.07. The van der Waals surface area contributed by atoms with E-state index in [-0.39, 0.29) is 17.3 Å². The molecule has 1 aliphatic heterocycles. The van der Waals surface area contributed by atoms with Crippen molar-refractivity contribution in [2.45, 2.75) is 82.4 Å². The fraction of sp³-hybridized carbons (Fsp3) is 0.548. The molecule has 1 fully saturated rings. The molecule has 258 valence electrons. The number of benzene rings is 1. The number of nitrogens with one attached hydrogen (secondary N) is 4. The number of ether oxygens (including phenoxy) is 1. The molecule has 1 saturated heterocycles. The van der Waals surface area contributed by atoms with Gasteiger partial charge in [-0.05, 0) is 64.2 Å². The molecule has 16 heteroatoms. The summed E-state index contributed by atoms with van der Waals surface area (Å²) in [6, 6.07) is 2.21. The van der Waals surface area contributed by atoms with Crippen molar-refractivity contribution in [3.8, 4) is 0 Å². The van der Waals surface area contributed by atoms with E-state index in [1.54, 1.807) is 58.0 Å². The van der Waals surface area contributed by atoms with Crippen LogP contribution in [0, 0.1) is 11.3 Å². The van der Waals surface area contributed by atoms with Crippen LogP contribution in [0.3, 0.4) is 0 Å². The molecule has 1 aromatic heterocycles. The zero-order valence-corrected chi connectivity index (χ0v) is 29.3. The number of esters is 1. The summed E-state index contributed by atoms with van der Waals surface area (Å²) in [5.74, 6) is -2.32. The third-order valence-corrected chi connectivity index (χ3v) is 7.83. The van der Waals surface area contributed by atoms with Crippen LogP contribution in [0.4, 0.5) is 0 Å². The van der Waals surface area contributed by atoms with E-state index in [0.29, 0.717) is 35.9 Å². The lowest BCUT2D eigenvalue weighted by Gasteiger charge is -2.35. The third-order valence-electron chi connectivity index (χ3n) is 7.50. The van der Waals surface area contributed by atoms with Gasteiger partial charge >= 0.3 is 5.97 Å². The Kier molecular flexibility index (Phi) is 12.8.